The molecule has 1 unspecified atom stereocenters. The molecule has 2 N–H and O–H groups in total. The predicted molar refractivity (Wildman–Crippen MR) is 76.2 cm³/mol. The fourth-order valence-electron chi connectivity index (χ4n) is 2.93. The molecule has 0 bridgehead atoms. The minimum atomic E-state index is -0.441. The molecule has 0 saturated heterocycles. The lowest BCUT2D eigenvalue weighted by Gasteiger charge is -2.18. The van der Waals surface area contributed by atoms with Crippen LogP contribution in [0.5, 0.6) is 0 Å². The van der Waals surface area contributed by atoms with Gasteiger partial charge in [-0.3, -0.25) is 0 Å². The van der Waals surface area contributed by atoms with Crippen LogP contribution in [-0.2, 0) is 11.3 Å². The molecule has 2 fully saturated rings. The Balaban J connectivity index is 1.26. The summed E-state index contributed by atoms with van der Waals surface area (Å²) in [6.07, 6.45) is 6.85. The molecule has 2 aliphatic rings. The van der Waals surface area contributed by atoms with Crippen LogP contribution in [0.4, 0.5) is 0 Å². The van der Waals surface area contributed by atoms with E-state index in [9.17, 15) is 5.11 Å². The Morgan fingerprint density at radius 2 is 2.00 bits per heavy atom. The number of furan rings is 1. The van der Waals surface area contributed by atoms with Gasteiger partial charge in [-0.1, -0.05) is 0 Å². The Hall–Kier alpha value is -0.840. The second-order valence-corrected chi connectivity index (χ2v) is 6.25. The molecule has 1 atom stereocenters. The summed E-state index contributed by atoms with van der Waals surface area (Å²) in [7, 11) is 0. The van der Waals surface area contributed by atoms with Crippen molar-refractivity contribution in [2.75, 3.05) is 19.7 Å². The maximum Gasteiger partial charge on any atom is 0.129 e. The van der Waals surface area contributed by atoms with E-state index < -0.39 is 6.10 Å². The van der Waals surface area contributed by atoms with E-state index in [0.717, 1.165) is 30.1 Å². The second-order valence-electron chi connectivity index (χ2n) is 6.25. The predicted octanol–water partition coefficient (Wildman–Crippen LogP) is 2.18. The van der Waals surface area contributed by atoms with Crippen LogP contribution in [0, 0.1) is 17.8 Å². The van der Waals surface area contributed by atoms with E-state index in [-0.39, 0.29) is 0 Å². The van der Waals surface area contributed by atoms with Gasteiger partial charge in [0.1, 0.15) is 12.4 Å². The van der Waals surface area contributed by atoms with Gasteiger partial charge in [-0.05, 0) is 62.1 Å². The average Bonchev–Trinajstić information content (AvgIpc) is 3.36. The minimum Gasteiger partial charge on any atom is -0.467 e. The van der Waals surface area contributed by atoms with Gasteiger partial charge in [0.2, 0.25) is 0 Å². The van der Waals surface area contributed by atoms with Crippen LogP contribution in [0.15, 0.2) is 22.8 Å². The monoisotopic (exact) mass is 279 g/mol. The maximum atomic E-state index is 9.88. The molecule has 20 heavy (non-hydrogen) atoms. The van der Waals surface area contributed by atoms with E-state index in [1.165, 1.54) is 25.7 Å². The first-order chi connectivity index (χ1) is 9.83. The lowest BCUT2D eigenvalue weighted by molar-refractivity contribution is 0.0222. The van der Waals surface area contributed by atoms with Crippen molar-refractivity contribution in [2.24, 2.45) is 17.8 Å². The Morgan fingerprint density at radius 3 is 2.60 bits per heavy atom. The highest BCUT2D eigenvalue weighted by atomic mass is 16.5. The van der Waals surface area contributed by atoms with Crippen LogP contribution in [-0.4, -0.2) is 30.9 Å². The third kappa shape index (κ3) is 4.33. The normalized spacial score (nSPS) is 20.5. The van der Waals surface area contributed by atoms with Crippen molar-refractivity contribution in [3.05, 3.63) is 24.2 Å². The Kier molecular flexibility index (Phi) is 4.76. The van der Waals surface area contributed by atoms with Crippen molar-refractivity contribution >= 4 is 0 Å². The molecule has 2 saturated carbocycles. The minimum absolute atomic E-state index is 0.352. The van der Waals surface area contributed by atoms with E-state index in [1.807, 2.05) is 12.1 Å². The SMILES string of the molecule is OC(CNCC(C1CC1)C1CC1)COCc1ccco1. The first kappa shape index (κ1) is 14.1. The van der Waals surface area contributed by atoms with Gasteiger partial charge in [0.05, 0.1) is 19.0 Å². The Labute approximate surface area is 120 Å². The van der Waals surface area contributed by atoms with Gasteiger partial charge in [-0.25, -0.2) is 0 Å². The second kappa shape index (κ2) is 6.74. The van der Waals surface area contributed by atoms with Gasteiger partial charge in [0.15, 0.2) is 0 Å². The molecule has 0 amide bonds. The van der Waals surface area contributed by atoms with Crippen LogP contribution in [0.25, 0.3) is 0 Å². The number of hydrogen-bond donors (Lipinski definition) is 2. The molecule has 112 valence electrons. The molecule has 1 heterocycles. The third-order valence-corrected chi connectivity index (χ3v) is 4.35. The molecule has 1 aromatic heterocycles. The van der Waals surface area contributed by atoms with Gasteiger partial charge in [-0.2, -0.15) is 0 Å². The molecule has 0 radical (unpaired) electrons. The molecule has 0 spiro atoms. The number of rotatable bonds is 10. The topological polar surface area (TPSA) is 54.6 Å². The Morgan fingerprint density at radius 1 is 1.25 bits per heavy atom. The van der Waals surface area contributed by atoms with Crippen molar-refractivity contribution in [3.8, 4) is 0 Å². The summed E-state index contributed by atoms with van der Waals surface area (Å²) in [5.41, 5.74) is 0. The third-order valence-electron chi connectivity index (χ3n) is 4.35. The number of aliphatic hydroxyl groups is 1. The van der Waals surface area contributed by atoms with Crippen molar-refractivity contribution in [1.82, 2.24) is 5.32 Å². The lowest BCUT2D eigenvalue weighted by atomic mass is 9.98. The van der Waals surface area contributed by atoms with E-state index in [4.69, 9.17) is 9.15 Å². The summed E-state index contributed by atoms with van der Waals surface area (Å²) >= 11 is 0. The lowest BCUT2D eigenvalue weighted by Crippen LogP contribution is -2.34. The van der Waals surface area contributed by atoms with Gasteiger partial charge in [0, 0.05) is 6.54 Å². The first-order valence-corrected chi connectivity index (χ1v) is 7.82. The zero-order chi connectivity index (χ0) is 13.8. The summed E-state index contributed by atoms with van der Waals surface area (Å²) in [4.78, 5) is 0. The summed E-state index contributed by atoms with van der Waals surface area (Å²) < 4.78 is 10.6. The number of ether oxygens (including phenoxy) is 1. The largest absolute Gasteiger partial charge is 0.467 e. The fraction of sp³-hybridized carbons (Fsp3) is 0.750. The molecular weight excluding hydrogens is 254 g/mol. The van der Waals surface area contributed by atoms with Crippen molar-refractivity contribution in [3.63, 3.8) is 0 Å². The number of hydrogen-bond acceptors (Lipinski definition) is 4. The molecule has 3 rings (SSSR count). The number of aliphatic hydroxyl groups excluding tert-OH is 1. The van der Waals surface area contributed by atoms with Crippen LogP contribution < -0.4 is 5.32 Å². The van der Waals surface area contributed by atoms with Crippen molar-refractivity contribution in [2.45, 2.75) is 38.4 Å². The highest BCUT2D eigenvalue weighted by Gasteiger charge is 2.40. The van der Waals surface area contributed by atoms with Crippen molar-refractivity contribution < 1.29 is 14.3 Å². The van der Waals surface area contributed by atoms with Crippen molar-refractivity contribution in [1.29, 1.82) is 0 Å². The van der Waals surface area contributed by atoms with Gasteiger partial charge in [-0.15, -0.1) is 0 Å². The summed E-state index contributed by atoms with van der Waals surface area (Å²) in [5.74, 6) is 3.57. The van der Waals surface area contributed by atoms with E-state index >= 15 is 0 Å². The van der Waals surface area contributed by atoms with Gasteiger partial charge in [0.25, 0.3) is 0 Å². The summed E-state index contributed by atoms with van der Waals surface area (Å²) in [6, 6.07) is 3.72. The zero-order valence-corrected chi connectivity index (χ0v) is 12.0. The molecule has 2 aliphatic carbocycles. The van der Waals surface area contributed by atoms with E-state index in [2.05, 4.69) is 5.32 Å². The molecule has 0 aromatic carbocycles. The average molecular weight is 279 g/mol. The molecule has 0 aliphatic heterocycles. The zero-order valence-electron chi connectivity index (χ0n) is 12.0. The molecule has 4 heteroatoms. The van der Waals surface area contributed by atoms with Gasteiger partial charge >= 0.3 is 0 Å². The van der Waals surface area contributed by atoms with Crippen LogP contribution in [0.3, 0.4) is 0 Å². The standard InChI is InChI=1S/C16H25NO3/c18-14(10-19-11-15-2-1-7-20-15)8-17-9-16(12-3-4-12)13-5-6-13/h1-2,7,12-14,16-18H,3-6,8-11H2. The fourth-order valence-corrected chi connectivity index (χ4v) is 2.93. The van der Waals surface area contributed by atoms with Gasteiger partial charge < -0.3 is 19.6 Å². The van der Waals surface area contributed by atoms with Crippen LogP contribution in [0.2, 0.25) is 0 Å². The smallest absolute Gasteiger partial charge is 0.129 e. The Bertz CT molecular complexity index is 372. The number of nitrogens with one attached hydrogen (secondary N) is 1. The highest BCUT2D eigenvalue weighted by Crippen LogP contribution is 2.48. The van der Waals surface area contributed by atoms with E-state index in [0.29, 0.717) is 19.8 Å². The molecule has 4 nitrogen and oxygen atoms in total. The van der Waals surface area contributed by atoms with Crippen LogP contribution in [0.1, 0.15) is 31.4 Å². The van der Waals surface area contributed by atoms with E-state index in [1.54, 1.807) is 6.26 Å². The summed E-state index contributed by atoms with van der Waals surface area (Å²) in [5, 5.41) is 13.3. The highest BCUT2D eigenvalue weighted by molar-refractivity contribution is 4.96. The molecular formula is C16H25NO3. The quantitative estimate of drug-likeness (QED) is 0.689. The summed E-state index contributed by atoms with van der Waals surface area (Å²) in [6.45, 7) is 2.46. The van der Waals surface area contributed by atoms with Crippen LogP contribution >= 0.6 is 0 Å². The molecule has 1 aromatic rings. The maximum absolute atomic E-state index is 9.88. The first-order valence-electron chi connectivity index (χ1n) is 7.82.